The van der Waals surface area contributed by atoms with Crippen molar-refractivity contribution in [2.24, 2.45) is 0 Å². The molecular weight excluding hydrogens is 174 g/mol. The molecule has 0 aliphatic heterocycles. The normalized spacial score (nSPS) is 16.1. The van der Waals surface area contributed by atoms with Crippen LogP contribution < -0.4 is 5.32 Å². The molecule has 1 fully saturated rings. The van der Waals surface area contributed by atoms with Gasteiger partial charge in [0.25, 0.3) is 5.91 Å². The molecule has 1 aliphatic carbocycles. The maximum Gasteiger partial charge on any atom is 0.265 e. The van der Waals surface area contributed by atoms with Gasteiger partial charge in [-0.2, -0.15) is 0 Å². The largest absolute Gasteiger partial charge is 0.348 e. The summed E-state index contributed by atoms with van der Waals surface area (Å²) >= 11 is 1.15. The molecule has 64 valence electrons. The summed E-state index contributed by atoms with van der Waals surface area (Å²) in [5, 5.41) is 6.66. The molecule has 0 aromatic carbocycles. The maximum atomic E-state index is 11.4. The molecule has 12 heavy (non-hydrogen) atoms. The zero-order valence-corrected chi connectivity index (χ0v) is 7.52. The highest BCUT2D eigenvalue weighted by Crippen LogP contribution is 2.20. The van der Waals surface area contributed by atoms with E-state index in [1.807, 2.05) is 0 Å². The van der Waals surface area contributed by atoms with Crippen molar-refractivity contribution in [2.45, 2.75) is 25.8 Å². The van der Waals surface area contributed by atoms with Crippen molar-refractivity contribution in [2.75, 3.05) is 0 Å². The van der Waals surface area contributed by atoms with Crippen molar-refractivity contribution < 1.29 is 4.79 Å². The Morgan fingerprint density at radius 2 is 2.42 bits per heavy atom. The quantitative estimate of drug-likeness (QED) is 0.735. The summed E-state index contributed by atoms with van der Waals surface area (Å²) in [6.45, 7) is 1.80. The topological polar surface area (TPSA) is 54.9 Å². The number of aryl methyl sites for hydroxylation is 1. The SMILES string of the molecule is Cc1nnsc1C(=O)NC1CC1. The smallest absolute Gasteiger partial charge is 0.265 e. The average Bonchev–Trinajstić information content (AvgIpc) is 2.72. The van der Waals surface area contributed by atoms with Crippen LogP contribution >= 0.6 is 11.5 Å². The van der Waals surface area contributed by atoms with Crippen LogP contribution in [0.2, 0.25) is 0 Å². The fourth-order valence-electron chi connectivity index (χ4n) is 0.918. The third-order valence-corrected chi connectivity index (χ3v) is 2.60. The lowest BCUT2D eigenvalue weighted by atomic mass is 10.4. The second-order valence-corrected chi connectivity index (χ2v) is 3.69. The summed E-state index contributed by atoms with van der Waals surface area (Å²) in [5.74, 6) is -0.0231. The monoisotopic (exact) mass is 183 g/mol. The van der Waals surface area contributed by atoms with Gasteiger partial charge in [-0.25, -0.2) is 0 Å². The van der Waals surface area contributed by atoms with E-state index in [2.05, 4.69) is 14.9 Å². The molecule has 0 unspecified atom stereocenters. The summed E-state index contributed by atoms with van der Waals surface area (Å²) in [6, 6.07) is 0.402. The molecular formula is C7H9N3OS. The first-order valence-corrected chi connectivity index (χ1v) is 4.64. The van der Waals surface area contributed by atoms with E-state index in [9.17, 15) is 4.79 Å². The lowest BCUT2D eigenvalue weighted by molar-refractivity contribution is 0.0954. The van der Waals surface area contributed by atoms with Gasteiger partial charge in [0.05, 0.1) is 5.69 Å². The Kier molecular flexibility index (Phi) is 1.80. The van der Waals surface area contributed by atoms with Crippen LogP contribution in [0.15, 0.2) is 0 Å². The number of aromatic nitrogens is 2. The van der Waals surface area contributed by atoms with E-state index < -0.39 is 0 Å². The number of hydrogen-bond donors (Lipinski definition) is 1. The molecule has 1 aromatic rings. The summed E-state index contributed by atoms with van der Waals surface area (Å²) in [6.07, 6.45) is 2.22. The van der Waals surface area contributed by atoms with Gasteiger partial charge in [-0.1, -0.05) is 4.49 Å². The fraction of sp³-hybridized carbons (Fsp3) is 0.571. The van der Waals surface area contributed by atoms with Crippen molar-refractivity contribution in [3.8, 4) is 0 Å². The van der Waals surface area contributed by atoms with Crippen LogP contribution in [0.4, 0.5) is 0 Å². The zero-order chi connectivity index (χ0) is 8.55. The molecule has 0 saturated heterocycles. The molecule has 5 heteroatoms. The molecule has 1 N–H and O–H groups in total. The highest BCUT2D eigenvalue weighted by atomic mass is 32.1. The average molecular weight is 183 g/mol. The Hall–Kier alpha value is -0.970. The van der Waals surface area contributed by atoms with Gasteiger partial charge in [-0.15, -0.1) is 5.10 Å². The predicted octanol–water partition coefficient (Wildman–Crippen LogP) is 0.739. The number of carbonyl (C=O) groups excluding carboxylic acids is 1. The van der Waals surface area contributed by atoms with E-state index in [0.29, 0.717) is 10.9 Å². The van der Waals surface area contributed by atoms with Crippen LogP contribution in [-0.4, -0.2) is 21.5 Å². The van der Waals surface area contributed by atoms with Crippen LogP contribution in [0, 0.1) is 6.92 Å². The van der Waals surface area contributed by atoms with Gasteiger partial charge in [0, 0.05) is 6.04 Å². The van der Waals surface area contributed by atoms with E-state index in [1.54, 1.807) is 6.92 Å². The molecule has 2 rings (SSSR count). The number of carbonyl (C=O) groups is 1. The molecule has 0 spiro atoms. The van der Waals surface area contributed by atoms with Crippen LogP contribution in [0.3, 0.4) is 0 Å². The highest BCUT2D eigenvalue weighted by Gasteiger charge is 2.25. The minimum atomic E-state index is -0.0231. The van der Waals surface area contributed by atoms with Crippen molar-refractivity contribution in [1.29, 1.82) is 0 Å². The first kappa shape index (κ1) is 7.67. The molecule has 1 heterocycles. The lowest BCUT2D eigenvalue weighted by Crippen LogP contribution is -2.25. The summed E-state index contributed by atoms with van der Waals surface area (Å²) in [5.41, 5.74) is 0.721. The van der Waals surface area contributed by atoms with Gasteiger partial charge < -0.3 is 5.32 Å². The van der Waals surface area contributed by atoms with Crippen molar-refractivity contribution in [3.63, 3.8) is 0 Å². The van der Waals surface area contributed by atoms with Gasteiger partial charge in [-0.3, -0.25) is 4.79 Å². The van der Waals surface area contributed by atoms with Crippen LogP contribution in [0.1, 0.15) is 28.2 Å². The Morgan fingerprint density at radius 1 is 1.67 bits per heavy atom. The molecule has 0 radical (unpaired) electrons. The van der Waals surface area contributed by atoms with E-state index in [4.69, 9.17) is 0 Å². The van der Waals surface area contributed by atoms with E-state index >= 15 is 0 Å². The third kappa shape index (κ3) is 1.45. The summed E-state index contributed by atoms with van der Waals surface area (Å²) in [4.78, 5) is 12.0. The minimum absolute atomic E-state index is 0.0231. The second-order valence-electron chi connectivity index (χ2n) is 2.94. The van der Waals surface area contributed by atoms with Crippen LogP contribution in [0.5, 0.6) is 0 Å². The lowest BCUT2D eigenvalue weighted by Gasteiger charge is -1.98. The molecule has 4 nitrogen and oxygen atoms in total. The number of hydrogen-bond acceptors (Lipinski definition) is 4. The second kappa shape index (κ2) is 2.82. The molecule has 1 aliphatic rings. The summed E-state index contributed by atoms with van der Waals surface area (Å²) in [7, 11) is 0. The molecule has 1 aromatic heterocycles. The highest BCUT2D eigenvalue weighted by molar-refractivity contribution is 7.08. The Labute approximate surface area is 74.2 Å². The van der Waals surface area contributed by atoms with Gasteiger partial charge in [0.15, 0.2) is 0 Å². The Morgan fingerprint density at radius 3 is 2.92 bits per heavy atom. The Balaban J connectivity index is 2.07. The first-order valence-electron chi connectivity index (χ1n) is 3.87. The van der Waals surface area contributed by atoms with Gasteiger partial charge in [0.2, 0.25) is 0 Å². The minimum Gasteiger partial charge on any atom is -0.348 e. The zero-order valence-electron chi connectivity index (χ0n) is 6.70. The maximum absolute atomic E-state index is 11.4. The van der Waals surface area contributed by atoms with Crippen molar-refractivity contribution in [3.05, 3.63) is 10.6 Å². The predicted molar refractivity (Wildman–Crippen MR) is 45.1 cm³/mol. The van der Waals surface area contributed by atoms with Crippen molar-refractivity contribution in [1.82, 2.24) is 14.9 Å². The van der Waals surface area contributed by atoms with Crippen LogP contribution in [0.25, 0.3) is 0 Å². The first-order chi connectivity index (χ1) is 5.77. The molecule has 1 saturated carbocycles. The number of amides is 1. The molecule has 0 bridgehead atoms. The summed E-state index contributed by atoms with van der Waals surface area (Å²) < 4.78 is 3.70. The van der Waals surface area contributed by atoms with Crippen LogP contribution in [-0.2, 0) is 0 Å². The molecule has 1 amide bonds. The number of nitrogens with zero attached hydrogens (tertiary/aromatic N) is 2. The molecule has 0 atom stereocenters. The van der Waals surface area contributed by atoms with E-state index in [0.717, 1.165) is 30.1 Å². The van der Waals surface area contributed by atoms with E-state index in [-0.39, 0.29) is 5.91 Å². The number of nitrogens with one attached hydrogen (secondary N) is 1. The Bertz CT molecular complexity index is 305. The van der Waals surface area contributed by atoms with Gasteiger partial charge >= 0.3 is 0 Å². The van der Waals surface area contributed by atoms with E-state index in [1.165, 1.54) is 0 Å². The van der Waals surface area contributed by atoms with Crippen molar-refractivity contribution >= 4 is 17.4 Å². The van der Waals surface area contributed by atoms with Gasteiger partial charge in [-0.05, 0) is 31.3 Å². The fourth-order valence-corrected chi connectivity index (χ4v) is 1.48. The number of rotatable bonds is 2. The third-order valence-electron chi connectivity index (χ3n) is 1.77. The standard InChI is InChI=1S/C7H9N3OS/c1-4-6(12-10-9-4)7(11)8-5-2-3-5/h5H,2-3H2,1H3,(H,8,11). The van der Waals surface area contributed by atoms with Gasteiger partial charge in [0.1, 0.15) is 4.88 Å².